The molecule has 24 heavy (non-hydrogen) atoms. The highest BCUT2D eigenvalue weighted by molar-refractivity contribution is 5.85. The number of fused-ring (bicyclic) bond motifs is 5. The average molecular weight is 354 g/mol. The van der Waals surface area contributed by atoms with Gasteiger partial charge in [-0.05, 0) is 85.4 Å². The number of carbonyl (C=O) groups is 1. The molecule has 0 aliphatic heterocycles. The van der Waals surface area contributed by atoms with Crippen molar-refractivity contribution in [1.29, 1.82) is 0 Å². The molecule has 0 aromatic heterocycles. The Morgan fingerprint density at radius 1 is 1.00 bits per heavy atom. The molecular weight excluding hydrogens is 318 g/mol. The lowest BCUT2D eigenvalue weighted by atomic mass is 9.44. The Labute approximate surface area is 154 Å². The van der Waals surface area contributed by atoms with Crippen LogP contribution < -0.4 is 5.73 Å². The summed E-state index contributed by atoms with van der Waals surface area (Å²) in [6.45, 7) is 7.44. The van der Waals surface area contributed by atoms with Crippen LogP contribution in [0.1, 0.15) is 78.6 Å². The van der Waals surface area contributed by atoms with E-state index in [-0.39, 0.29) is 29.6 Å². The van der Waals surface area contributed by atoms with Gasteiger partial charge in [0, 0.05) is 5.92 Å². The quantitative estimate of drug-likeness (QED) is 0.692. The smallest absolute Gasteiger partial charge is 0.221 e. The molecule has 2 unspecified atom stereocenters. The minimum atomic E-state index is -0.0298. The summed E-state index contributed by atoms with van der Waals surface area (Å²) >= 11 is 0. The molecule has 3 heteroatoms. The van der Waals surface area contributed by atoms with E-state index in [2.05, 4.69) is 20.8 Å². The molecule has 1 amide bonds. The predicted octanol–water partition coefficient (Wildman–Crippen LogP) is 5.19. The van der Waals surface area contributed by atoms with Crippen LogP contribution in [0.5, 0.6) is 0 Å². The fourth-order valence-electron chi connectivity index (χ4n) is 8.28. The van der Waals surface area contributed by atoms with Crippen molar-refractivity contribution in [2.45, 2.75) is 78.6 Å². The first-order valence-corrected chi connectivity index (χ1v) is 10.2. The van der Waals surface area contributed by atoms with E-state index in [1.807, 2.05) is 0 Å². The second-order valence-electron chi connectivity index (χ2n) is 10.0. The van der Waals surface area contributed by atoms with Crippen molar-refractivity contribution in [1.82, 2.24) is 0 Å². The second-order valence-corrected chi connectivity index (χ2v) is 10.0. The summed E-state index contributed by atoms with van der Waals surface area (Å²) in [6, 6.07) is 0. The number of primary amides is 1. The molecule has 4 aliphatic rings. The summed E-state index contributed by atoms with van der Waals surface area (Å²) in [6.07, 6.45) is 12.3. The van der Waals surface area contributed by atoms with Crippen LogP contribution in [-0.4, -0.2) is 5.91 Å². The predicted molar refractivity (Wildman–Crippen MR) is 101 cm³/mol. The third-order valence-corrected chi connectivity index (χ3v) is 9.24. The van der Waals surface area contributed by atoms with Gasteiger partial charge >= 0.3 is 0 Å². The van der Waals surface area contributed by atoms with Gasteiger partial charge in [-0.15, -0.1) is 12.4 Å². The summed E-state index contributed by atoms with van der Waals surface area (Å²) in [7, 11) is 0. The Balaban J connectivity index is 0.00000169. The molecule has 8 atom stereocenters. The molecule has 4 fully saturated rings. The first kappa shape index (κ1) is 18.5. The van der Waals surface area contributed by atoms with Gasteiger partial charge in [0.1, 0.15) is 0 Å². The van der Waals surface area contributed by atoms with Crippen LogP contribution in [0.4, 0.5) is 0 Å². The molecule has 2 N–H and O–H groups in total. The van der Waals surface area contributed by atoms with Crippen LogP contribution in [0, 0.1) is 46.3 Å². The van der Waals surface area contributed by atoms with Gasteiger partial charge in [-0.3, -0.25) is 4.79 Å². The summed E-state index contributed by atoms with van der Waals surface area (Å²) in [5.41, 5.74) is 6.59. The van der Waals surface area contributed by atoms with E-state index in [0.717, 1.165) is 30.1 Å². The molecule has 0 radical (unpaired) electrons. The van der Waals surface area contributed by atoms with Gasteiger partial charge in [0.05, 0.1) is 0 Å². The lowest BCUT2D eigenvalue weighted by molar-refractivity contribution is -0.135. The number of halogens is 1. The first-order valence-electron chi connectivity index (χ1n) is 10.2. The topological polar surface area (TPSA) is 43.1 Å². The van der Waals surface area contributed by atoms with Crippen molar-refractivity contribution >= 4 is 18.3 Å². The van der Waals surface area contributed by atoms with E-state index in [9.17, 15) is 4.79 Å². The highest BCUT2D eigenvalue weighted by Gasteiger charge is 2.62. The SMILES string of the molecule is CC1CC(C(N)=O)[C@@]2(C)CC[C@H]3[C@@H](CC[C@H]4CCCC[C@@]43C)[C@H]12.Cl. The molecule has 2 nitrogen and oxygen atoms in total. The van der Waals surface area contributed by atoms with Crippen LogP contribution >= 0.6 is 12.4 Å². The molecule has 0 heterocycles. The molecule has 138 valence electrons. The maximum atomic E-state index is 12.1. The van der Waals surface area contributed by atoms with Gasteiger partial charge in [0.25, 0.3) is 0 Å². The van der Waals surface area contributed by atoms with Gasteiger partial charge < -0.3 is 5.73 Å². The average Bonchev–Trinajstić information content (AvgIpc) is 2.78. The molecule has 4 aliphatic carbocycles. The van der Waals surface area contributed by atoms with Crippen molar-refractivity contribution < 1.29 is 4.79 Å². The minimum absolute atomic E-state index is 0. The number of hydrogen-bond donors (Lipinski definition) is 1. The summed E-state index contributed by atoms with van der Waals surface area (Å²) in [5.74, 6) is 4.25. The lowest BCUT2D eigenvalue weighted by Crippen LogP contribution is -2.54. The van der Waals surface area contributed by atoms with Gasteiger partial charge in [-0.2, -0.15) is 0 Å². The van der Waals surface area contributed by atoms with E-state index < -0.39 is 0 Å². The van der Waals surface area contributed by atoms with Crippen LogP contribution in [-0.2, 0) is 4.79 Å². The van der Waals surface area contributed by atoms with Gasteiger partial charge in [-0.25, -0.2) is 0 Å². The van der Waals surface area contributed by atoms with E-state index in [1.54, 1.807) is 0 Å². The van der Waals surface area contributed by atoms with Crippen molar-refractivity contribution in [3.8, 4) is 0 Å². The lowest BCUT2D eigenvalue weighted by Gasteiger charge is -2.61. The Hall–Kier alpha value is -0.240. The maximum Gasteiger partial charge on any atom is 0.221 e. The highest BCUT2D eigenvalue weighted by Crippen LogP contribution is 2.68. The zero-order valence-electron chi connectivity index (χ0n) is 15.7. The van der Waals surface area contributed by atoms with E-state index in [4.69, 9.17) is 5.73 Å². The summed E-state index contributed by atoms with van der Waals surface area (Å²) < 4.78 is 0. The van der Waals surface area contributed by atoms with Crippen molar-refractivity contribution in [2.24, 2.45) is 52.1 Å². The minimum Gasteiger partial charge on any atom is -0.369 e. The number of rotatable bonds is 1. The van der Waals surface area contributed by atoms with Crippen molar-refractivity contribution in [3.63, 3.8) is 0 Å². The zero-order chi connectivity index (χ0) is 16.4. The Kier molecular flexibility index (Phi) is 4.78. The third kappa shape index (κ3) is 2.38. The molecule has 0 aromatic carbocycles. The van der Waals surface area contributed by atoms with E-state index in [0.29, 0.717) is 11.3 Å². The van der Waals surface area contributed by atoms with Crippen LogP contribution in [0.3, 0.4) is 0 Å². The fraction of sp³-hybridized carbons (Fsp3) is 0.952. The van der Waals surface area contributed by atoms with Crippen LogP contribution in [0.15, 0.2) is 0 Å². The van der Waals surface area contributed by atoms with Crippen LogP contribution in [0.25, 0.3) is 0 Å². The molecular formula is C21H36ClNO. The monoisotopic (exact) mass is 353 g/mol. The number of amides is 1. The Bertz CT molecular complexity index is 508. The third-order valence-electron chi connectivity index (χ3n) is 9.24. The highest BCUT2D eigenvalue weighted by atomic mass is 35.5. The normalized spacial score (nSPS) is 53.3. The maximum absolute atomic E-state index is 12.1. The molecule has 0 saturated heterocycles. The molecule has 4 saturated carbocycles. The number of nitrogens with two attached hydrogens (primary N) is 1. The standard InChI is InChI=1S/C21H35NO.ClH/c1-13-12-17(19(22)23)21(3)11-9-16-15(18(13)21)8-7-14-6-4-5-10-20(14,16)2;/h13-18H,4-12H2,1-3H3,(H2,22,23);1H/t13?,14-,15-,16+,17?,18+,20+,21-;/m1./s1. The first-order chi connectivity index (χ1) is 10.9. The van der Waals surface area contributed by atoms with E-state index >= 15 is 0 Å². The van der Waals surface area contributed by atoms with Crippen LogP contribution in [0.2, 0.25) is 0 Å². The Morgan fingerprint density at radius 2 is 1.75 bits per heavy atom. The largest absolute Gasteiger partial charge is 0.369 e. The Morgan fingerprint density at radius 3 is 2.46 bits per heavy atom. The fourth-order valence-corrected chi connectivity index (χ4v) is 8.28. The number of carbonyl (C=O) groups excluding carboxylic acids is 1. The summed E-state index contributed by atoms with van der Waals surface area (Å²) in [5, 5.41) is 0. The number of hydrogen-bond acceptors (Lipinski definition) is 1. The van der Waals surface area contributed by atoms with Crippen molar-refractivity contribution in [2.75, 3.05) is 0 Å². The van der Waals surface area contributed by atoms with Crippen molar-refractivity contribution in [3.05, 3.63) is 0 Å². The second kappa shape index (κ2) is 6.18. The molecule has 0 aromatic rings. The molecule has 4 rings (SSSR count). The van der Waals surface area contributed by atoms with Gasteiger partial charge in [0.2, 0.25) is 5.91 Å². The van der Waals surface area contributed by atoms with Gasteiger partial charge in [-0.1, -0.05) is 33.6 Å². The van der Waals surface area contributed by atoms with Gasteiger partial charge in [0.15, 0.2) is 0 Å². The zero-order valence-corrected chi connectivity index (χ0v) is 16.5. The van der Waals surface area contributed by atoms with E-state index in [1.165, 1.54) is 51.4 Å². The summed E-state index contributed by atoms with van der Waals surface area (Å²) in [4.78, 5) is 12.1. The molecule has 0 bridgehead atoms. The molecule has 0 spiro atoms.